The molecule has 0 saturated heterocycles. The Kier molecular flexibility index (Phi) is 6.76. The summed E-state index contributed by atoms with van der Waals surface area (Å²) in [4.78, 5) is 5.71. The van der Waals surface area contributed by atoms with E-state index >= 15 is 0 Å². The van der Waals surface area contributed by atoms with E-state index in [0.29, 0.717) is 49.8 Å². The van der Waals surface area contributed by atoms with Crippen LogP contribution in [0.1, 0.15) is 11.0 Å². The Balaban J connectivity index is 1.13. The van der Waals surface area contributed by atoms with Crippen molar-refractivity contribution < 1.29 is 11.0 Å². The van der Waals surface area contributed by atoms with Gasteiger partial charge in [0.05, 0.1) is 72.2 Å². The first-order valence-electron chi connectivity index (χ1n) is 27.3. The monoisotopic (exact) mass is 899 g/mol. The highest BCUT2D eigenvalue weighted by Crippen LogP contribution is 2.45. The summed E-state index contributed by atoms with van der Waals surface area (Å²) >= 11 is 0. The van der Waals surface area contributed by atoms with Crippen molar-refractivity contribution in [1.29, 1.82) is 0 Å². The largest absolute Gasteiger partial charge is 0.309 e. The maximum absolute atomic E-state index is 9.56. The molecule has 5 aromatic heterocycles. The van der Waals surface area contributed by atoms with Crippen LogP contribution in [0.5, 0.6) is 0 Å². The highest BCUT2D eigenvalue weighted by molar-refractivity contribution is 6.14. The summed E-state index contributed by atoms with van der Waals surface area (Å²) in [7, 11) is 0. The molecule has 15 rings (SSSR count). The lowest BCUT2D eigenvalue weighted by atomic mass is 9.94. The van der Waals surface area contributed by atoms with Crippen LogP contribution in [0.4, 0.5) is 0 Å². The van der Waals surface area contributed by atoms with Gasteiger partial charge in [-0.05, 0) is 89.9 Å². The summed E-state index contributed by atoms with van der Waals surface area (Å²) in [6.07, 6.45) is 0. The molecule has 0 unspecified atom stereocenters. The van der Waals surface area contributed by atoms with Crippen LogP contribution in [0.15, 0.2) is 249 Å². The quantitative estimate of drug-likeness (QED) is 0.164. The molecule has 0 bridgehead atoms. The molecule has 0 N–H and O–H groups in total. The number of pyridine rings is 1. The van der Waals surface area contributed by atoms with Crippen LogP contribution in [0.3, 0.4) is 0 Å². The highest BCUT2D eigenvalue weighted by atomic mass is 15.1. The molecule has 0 radical (unpaired) electrons. The Morgan fingerprint density at radius 3 is 1.40 bits per heavy atom. The van der Waals surface area contributed by atoms with Crippen LogP contribution in [-0.4, -0.2) is 23.3 Å². The number of fused-ring (bicyclic) bond motifs is 12. The van der Waals surface area contributed by atoms with E-state index in [-0.39, 0.29) is 59.4 Å². The number of aromatic nitrogens is 5. The zero-order valence-electron chi connectivity index (χ0n) is 45.3. The maximum Gasteiger partial charge on any atom is 0.140 e. The second kappa shape index (κ2) is 15.0. The minimum atomic E-state index is -0.380. The fourth-order valence-electron chi connectivity index (χ4n) is 11.1. The second-order valence-corrected chi connectivity index (χ2v) is 17.7. The molecular weight excluding hydrogens is 851 g/mol. The lowest BCUT2D eigenvalue weighted by molar-refractivity contribution is 1.06. The Hall–Kier alpha value is -9.45. The van der Waals surface area contributed by atoms with Gasteiger partial charge < -0.3 is 13.7 Å². The van der Waals surface area contributed by atoms with Gasteiger partial charge in [0.1, 0.15) is 5.82 Å². The van der Waals surface area contributed by atoms with Crippen LogP contribution < -0.4 is 0 Å². The van der Waals surface area contributed by atoms with Crippen molar-refractivity contribution in [3.8, 4) is 45.3 Å². The van der Waals surface area contributed by atoms with Gasteiger partial charge in [-0.1, -0.05) is 164 Å². The topological polar surface area (TPSA) is 32.6 Å². The summed E-state index contributed by atoms with van der Waals surface area (Å²) < 4.78 is 81.6. The molecule has 0 atom stereocenters. The van der Waals surface area contributed by atoms with Crippen LogP contribution in [0, 0.1) is 0 Å². The molecule has 0 aliphatic rings. The molecule has 10 aromatic carbocycles. The Morgan fingerprint density at radius 2 is 0.786 bits per heavy atom. The summed E-state index contributed by atoms with van der Waals surface area (Å²) in [5, 5.41) is 6.27. The molecule has 0 aliphatic heterocycles. The normalized spacial score (nSPS) is 13.6. The fraction of sp³-hybridized carbons (Fsp3) is 0. The van der Waals surface area contributed by atoms with Crippen LogP contribution >= 0.6 is 0 Å². The summed E-state index contributed by atoms with van der Waals surface area (Å²) in [5.74, 6) is 0.329. The van der Waals surface area contributed by atoms with E-state index in [0.717, 1.165) is 71.7 Å². The first-order valence-corrected chi connectivity index (χ1v) is 23.3. The van der Waals surface area contributed by atoms with Crippen molar-refractivity contribution in [2.24, 2.45) is 0 Å². The van der Waals surface area contributed by atoms with Gasteiger partial charge in [-0.25, -0.2) is 4.98 Å². The first kappa shape index (κ1) is 31.5. The first-order chi connectivity index (χ1) is 38.1. The molecule has 5 heteroatoms. The molecule has 0 fully saturated rings. The van der Waals surface area contributed by atoms with E-state index < -0.39 is 0 Å². The van der Waals surface area contributed by atoms with Gasteiger partial charge in [0.15, 0.2) is 0 Å². The molecule has 326 valence electrons. The van der Waals surface area contributed by atoms with E-state index in [4.69, 9.17) is 10.5 Å². The number of nitrogens with zero attached hydrogens (tertiary/aromatic N) is 5. The molecule has 0 saturated carbocycles. The van der Waals surface area contributed by atoms with Crippen LogP contribution in [-0.2, 0) is 0 Å². The van der Waals surface area contributed by atoms with Gasteiger partial charge in [0.2, 0.25) is 0 Å². The summed E-state index contributed by atoms with van der Waals surface area (Å²) in [6, 6.07) is 65.1. The summed E-state index contributed by atoms with van der Waals surface area (Å²) in [5.41, 5.74) is 11.3. The minimum absolute atomic E-state index is 0.156. The SMILES string of the molecule is [2H]c1c([2H])c([2H])c2c(c1[2H])c1ccccc1n2-c1cc(-c2c(-c3ccc4c(c3)c3ccccc3n4-c3ccccc3)cccc2-n2c3ccccc3c3ccccc32)nc(-n2c3ccccc3c3c([2H])c([2H])c([2H])c([2H])c32)c1. The molecule has 0 amide bonds. The van der Waals surface area contributed by atoms with E-state index in [1.54, 1.807) is 0 Å². The van der Waals surface area contributed by atoms with Crippen molar-refractivity contribution in [3.05, 3.63) is 249 Å². The third kappa shape index (κ3) is 5.57. The van der Waals surface area contributed by atoms with Crippen molar-refractivity contribution in [2.75, 3.05) is 0 Å². The fourth-order valence-corrected chi connectivity index (χ4v) is 11.1. The molecule has 0 aliphatic carbocycles. The van der Waals surface area contributed by atoms with Crippen molar-refractivity contribution in [2.45, 2.75) is 0 Å². The minimum Gasteiger partial charge on any atom is -0.309 e. The summed E-state index contributed by atoms with van der Waals surface area (Å²) in [6.45, 7) is 0. The van der Waals surface area contributed by atoms with Gasteiger partial charge in [-0.15, -0.1) is 0 Å². The van der Waals surface area contributed by atoms with Gasteiger partial charge in [-0.3, -0.25) is 4.57 Å². The van der Waals surface area contributed by atoms with E-state index in [1.165, 1.54) is 0 Å². The zero-order valence-corrected chi connectivity index (χ0v) is 37.3. The third-order valence-electron chi connectivity index (χ3n) is 14.0. The number of hydrogen-bond acceptors (Lipinski definition) is 1. The number of rotatable bonds is 6. The van der Waals surface area contributed by atoms with E-state index in [9.17, 15) is 5.48 Å². The highest BCUT2D eigenvalue weighted by Gasteiger charge is 2.24. The Morgan fingerprint density at radius 1 is 0.314 bits per heavy atom. The zero-order chi connectivity index (χ0) is 52.8. The van der Waals surface area contributed by atoms with Gasteiger partial charge in [-0.2, -0.15) is 0 Å². The lowest BCUT2D eigenvalue weighted by Crippen LogP contribution is -2.06. The predicted octanol–water partition coefficient (Wildman–Crippen LogP) is 16.8. The van der Waals surface area contributed by atoms with Crippen LogP contribution in [0.2, 0.25) is 0 Å². The Labute approximate surface area is 413 Å². The number of hydrogen-bond donors (Lipinski definition) is 0. The van der Waals surface area contributed by atoms with Crippen molar-refractivity contribution >= 4 is 87.2 Å². The predicted molar refractivity (Wildman–Crippen MR) is 292 cm³/mol. The van der Waals surface area contributed by atoms with Crippen molar-refractivity contribution in [1.82, 2.24) is 23.3 Å². The number of para-hydroxylation sites is 8. The van der Waals surface area contributed by atoms with E-state index in [1.807, 2.05) is 88.0 Å². The second-order valence-electron chi connectivity index (χ2n) is 17.7. The molecule has 0 spiro atoms. The van der Waals surface area contributed by atoms with Gasteiger partial charge in [0.25, 0.3) is 0 Å². The smallest absolute Gasteiger partial charge is 0.140 e. The van der Waals surface area contributed by atoms with Crippen LogP contribution in [0.25, 0.3) is 132 Å². The third-order valence-corrected chi connectivity index (χ3v) is 14.0. The van der Waals surface area contributed by atoms with Gasteiger partial charge >= 0.3 is 0 Å². The molecule has 70 heavy (non-hydrogen) atoms. The van der Waals surface area contributed by atoms with E-state index in [2.05, 4.69) is 130 Å². The standard InChI is InChI=1S/C65H41N5/c1-2-19-43(20-3-1)67-57-31-13-10-27-52(57)53-39-42(37-38-62(53)67)45-28-18-36-63(69-58-32-14-6-23-48(58)49-24-7-15-33-59(49)69)65(45)54-40-44(68-55-29-11-4-21-46(55)47-22-5-12-30-56(47)68)41-64(66-54)70-60-34-16-8-25-50(60)51-26-9-17-35-61(51)70/h1-41H/i4D,8D,11D,16D,21D,25D,29D,34D. The molecule has 5 nitrogen and oxygen atoms in total. The average Bonchev–Trinajstić information content (AvgIpc) is 4.33. The molecular formula is C65H41N5. The average molecular weight is 900 g/mol. The number of benzene rings is 10. The molecule has 15 aromatic rings. The van der Waals surface area contributed by atoms with Gasteiger partial charge in [0, 0.05) is 60.4 Å². The maximum atomic E-state index is 9.56. The van der Waals surface area contributed by atoms with Crippen molar-refractivity contribution in [3.63, 3.8) is 0 Å². The molecule has 5 heterocycles. The lowest BCUT2D eigenvalue weighted by Gasteiger charge is -2.20. The Bertz CT molecular complexity index is 4880.